The summed E-state index contributed by atoms with van der Waals surface area (Å²) in [5, 5.41) is 8.39. The van der Waals surface area contributed by atoms with Crippen LogP contribution in [0.2, 0.25) is 0 Å². The molecular formula is C13H11IN2O. The van der Waals surface area contributed by atoms with Gasteiger partial charge in [-0.1, -0.05) is 12.1 Å². The van der Waals surface area contributed by atoms with Crippen LogP contribution in [0.1, 0.15) is 0 Å². The van der Waals surface area contributed by atoms with Gasteiger partial charge in [-0.15, -0.1) is 5.11 Å². The molecule has 0 bridgehead atoms. The van der Waals surface area contributed by atoms with Crippen molar-refractivity contribution in [3.63, 3.8) is 0 Å². The van der Waals surface area contributed by atoms with Gasteiger partial charge in [0.1, 0.15) is 5.75 Å². The first kappa shape index (κ1) is 12.0. The molecule has 2 aromatic rings. The second kappa shape index (κ2) is 5.77. The minimum Gasteiger partial charge on any atom is -0.497 e. The fourth-order valence-corrected chi connectivity index (χ4v) is 1.79. The molecule has 0 aliphatic heterocycles. The molecule has 0 fully saturated rings. The van der Waals surface area contributed by atoms with Crippen molar-refractivity contribution in [3.8, 4) is 5.75 Å². The van der Waals surface area contributed by atoms with Crippen LogP contribution >= 0.6 is 22.6 Å². The monoisotopic (exact) mass is 338 g/mol. The summed E-state index contributed by atoms with van der Waals surface area (Å²) in [5.41, 5.74) is 1.69. The molecule has 2 rings (SSSR count). The Kier molecular flexibility index (Phi) is 4.08. The fourth-order valence-electron chi connectivity index (χ4n) is 1.29. The largest absolute Gasteiger partial charge is 0.497 e. The van der Waals surface area contributed by atoms with Gasteiger partial charge in [0, 0.05) is 3.57 Å². The number of halogens is 1. The third-order valence-electron chi connectivity index (χ3n) is 2.20. The molecule has 86 valence electrons. The highest BCUT2D eigenvalue weighted by atomic mass is 127. The van der Waals surface area contributed by atoms with E-state index >= 15 is 0 Å². The lowest BCUT2D eigenvalue weighted by molar-refractivity contribution is 0.415. The van der Waals surface area contributed by atoms with Gasteiger partial charge in [-0.3, -0.25) is 0 Å². The fraction of sp³-hybridized carbons (Fsp3) is 0.0769. The van der Waals surface area contributed by atoms with E-state index in [4.69, 9.17) is 4.74 Å². The Labute approximate surface area is 114 Å². The van der Waals surface area contributed by atoms with Crippen molar-refractivity contribution >= 4 is 34.0 Å². The Morgan fingerprint density at radius 1 is 0.941 bits per heavy atom. The van der Waals surface area contributed by atoms with Gasteiger partial charge in [-0.05, 0) is 59.0 Å². The van der Waals surface area contributed by atoms with E-state index < -0.39 is 0 Å². The third-order valence-corrected chi connectivity index (χ3v) is 3.11. The standard InChI is InChI=1S/C13H11IN2O/c1-17-11-8-6-10(7-9-11)15-16-13-5-3-2-4-12(13)14/h2-9H,1H3. The molecule has 0 aromatic heterocycles. The van der Waals surface area contributed by atoms with Crippen LogP contribution in [0, 0.1) is 3.57 Å². The zero-order valence-electron chi connectivity index (χ0n) is 9.30. The number of rotatable bonds is 3. The molecule has 0 N–H and O–H groups in total. The molecule has 0 aliphatic carbocycles. The predicted molar refractivity (Wildman–Crippen MR) is 76.3 cm³/mol. The van der Waals surface area contributed by atoms with E-state index in [9.17, 15) is 0 Å². The van der Waals surface area contributed by atoms with Crippen LogP contribution in [0.4, 0.5) is 11.4 Å². The van der Waals surface area contributed by atoms with Crippen molar-refractivity contribution < 1.29 is 4.74 Å². The van der Waals surface area contributed by atoms with E-state index in [1.165, 1.54) is 0 Å². The second-order valence-corrected chi connectivity index (χ2v) is 4.51. The molecule has 0 spiro atoms. The highest BCUT2D eigenvalue weighted by Crippen LogP contribution is 2.24. The van der Waals surface area contributed by atoms with E-state index in [1.54, 1.807) is 7.11 Å². The molecule has 0 unspecified atom stereocenters. The van der Waals surface area contributed by atoms with Crippen LogP contribution in [-0.4, -0.2) is 7.11 Å². The molecular weight excluding hydrogens is 327 g/mol. The Hall–Kier alpha value is -1.43. The maximum absolute atomic E-state index is 5.08. The summed E-state index contributed by atoms with van der Waals surface area (Å²) in [6, 6.07) is 15.3. The number of azo groups is 1. The Morgan fingerprint density at radius 2 is 1.65 bits per heavy atom. The van der Waals surface area contributed by atoms with E-state index in [2.05, 4.69) is 32.8 Å². The molecule has 0 saturated carbocycles. The summed E-state index contributed by atoms with van der Waals surface area (Å²) in [5.74, 6) is 0.818. The number of benzene rings is 2. The van der Waals surface area contributed by atoms with Crippen molar-refractivity contribution in [3.05, 3.63) is 52.1 Å². The van der Waals surface area contributed by atoms with Crippen molar-refractivity contribution in [2.75, 3.05) is 7.11 Å². The predicted octanol–water partition coefficient (Wildman–Crippen LogP) is 4.72. The van der Waals surface area contributed by atoms with Gasteiger partial charge < -0.3 is 4.74 Å². The van der Waals surface area contributed by atoms with Gasteiger partial charge in [0.05, 0.1) is 18.5 Å². The SMILES string of the molecule is COc1ccc(N=Nc2ccccc2I)cc1. The van der Waals surface area contributed by atoms with Crippen LogP contribution < -0.4 is 4.74 Å². The maximum Gasteiger partial charge on any atom is 0.119 e. The number of methoxy groups -OCH3 is 1. The van der Waals surface area contributed by atoms with Gasteiger partial charge >= 0.3 is 0 Å². The molecule has 0 heterocycles. The highest BCUT2D eigenvalue weighted by Gasteiger charge is 1.96. The lowest BCUT2D eigenvalue weighted by Gasteiger charge is -1.98. The zero-order valence-corrected chi connectivity index (χ0v) is 11.5. The summed E-state index contributed by atoms with van der Waals surface area (Å²) in [6.07, 6.45) is 0. The van der Waals surface area contributed by atoms with Gasteiger partial charge in [-0.25, -0.2) is 0 Å². The van der Waals surface area contributed by atoms with Gasteiger partial charge in [0.2, 0.25) is 0 Å². The number of nitrogens with zero attached hydrogens (tertiary/aromatic N) is 2. The van der Waals surface area contributed by atoms with E-state index in [1.807, 2.05) is 48.5 Å². The molecule has 0 atom stereocenters. The summed E-state index contributed by atoms with van der Waals surface area (Å²) in [7, 11) is 1.64. The lowest BCUT2D eigenvalue weighted by Crippen LogP contribution is -1.79. The summed E-state index contributed by atoms with van der Waals surface area (Å²) in [4.78, 5) is 0. The smallest absolute Gasteiger partial charge is 0.119 e. The average Bonchev–Trinajstić information content (AvgIpc) is 2.38. The topological polar surface area (TPSA) is 34.0 Å². The van der Waals surface area contributed by atoms with E-state index in [-0.39, 0.29) is 0 Å². The quantitative estimate of drug-likeness (QED) is 0.589. The molecule has 4 heteroatoms. The van der Waals surface area contributed by atoms with Crippen LogP contribution in [0.25, 0.3) is 0 Å². The van der Waals surface area contributed by atoms with E-state index in [0.717, 1.165) is 20.7 Å². The minimum atomic E-state index is 0.811. The Morgan fingerprint density at radius 3 is 2.29 bits per heavy atom. The van der Waals surface area contributed by atoms with Crippen LogP contribution in [0.3, 0.4) is 0 Å². The molecule has 2 aromatic carbocycles. The molecule has 17 heavy (non-hydrogen) atoms. The van der Waals surface area contributed by atoms with E-state index in [0.29, 0.717) is 0 Å². The first-order valence-electron chi connectivity index (χ1n) is 5.10. The molecule has 0 amide bonds. The van der Waals surface area contributed by atoms with Crippen molar-refractivity contribution in [1.82, 2.24) is 0 Å². The first-order valence-corrected chi connectivity index (χ1v) is 6.18. The lowest BCUT2D eigenvalue weighted by atomic mass is 10.3. The minimum absolute atomic E-state index is 0.811. The summed E-state index contributed by atoms with van der Waals surface area (Å²) >= 11 is 2.24. The van der Waals surface area contributed by atoms with Crippen LogP contribution in [0.15, 0.2) is 58.8 Å². The Balaban J connectivity index is 2.17. The van der Waals surface area contributed by atoms with Crippen molar-refractivity contribution in [1.29, 1.82) is 0 Å². The first-order chi connectivity index (χ1) is 8.29. The van der Waals surface area contributed by atoms with Crippen LogP contribution in [0.5, 0.6) is 5.75 Å². The number of hydrogen-bond acceptors (Lipinski definition) is 3. The summed E-state index contributed by atoms with van der Waals surface area (Å²) in [6.45, 7) is 0. The molecule has 3 nitrogen and oxygen atoms in total. The molecule has 0 radical (unpaired) electrons. The number of hydrogen-bond donors (Lipinski definition) is 0. The second-order valence-electron chi connectivity index (χ2n) is 3.35. The molecule has 0 saturated heterocycles. The normalized spacial score (nSPS) is 10.7. The van der Waals surface area contributed by atoms with Crippen LogP contribution in [-0.2, 0) is 0 Å². The third kappa shape index (κ3) is 3.26. The summed E-state index contributed by atoms with van der Waals surface area (Å²) < 4.78 is 6.16. The Bertz CT molecular complexity index is 523. The van der Waals surface area contributed by atoms with Gasteiger partial charge in [-0.2, -0.15) is 5.11 Å². The highest BCUT2D eigenvalue weighted by molar-refractivity contribution is 14.1. The van der Waals surface area contributed by atoms with Gasteiger partial charge in [0.25, 0.3) is 0 Å². The van der Waals surface area contributed by atoms with Gasteiger partial charge in [0.15, 0.2) is 0 Å². The zero-order chi connectivity index (χ0) is 12.1. The molecule has 0 aliphatic rings. The maximum atomic E-state index is 5.08. The number of ether oxygens (including phenoxy) is 1. The van der Waals surface area contributed by atoms with Crippen molar-refractivity contribution in [2.24, 2.45) is 10.2 Å². The average molecular weight is 338 g/mol. The van der Waals surface area contributed by atoms with Crippen molar-refractivity contribution in [2.45, 2.75) is 0 Å².